The maximum atomic E-state index is 14.2. The van der Waals surface area contributed by atoms with Gasteiger partial charge in [0.2, 0.25) is 5.91 Å². The van der Waals surface area contributed by atoms with E-state index in [1.807, 2.05) is 4.90 Å². The second-order valence-electron chi connectivity index (χ2n) is 10.2. The van der Waals surface area contributed by atoms with Crippen LogP contribution in [-0.4, -0.2) is 97.1 Å². The molecule has 0 radical (unpaired) electrons. The summed E-state index contributed by atoms with van der Waals surface area (Å²) in [6, 6.07) is 2.10. The Hall–Kier alpha value is -2.76. The Morgan fingerprint density at radius 1 is 0.897 bits per heavy atom. The molecular formula is C28H39F2N3O6. The van der Waals surface area contributed by atoms with Crippen LogP contribution in [-0.2, 0) is 21.3 Å². The van der Waals surface area contributed by atoms with Gasteiger partial charge in [-0.2, -0.15) is 0 Å². The number of hydrogen-bond acceptors (Lipinski definition) is 6. The van der Waals surface area contributed by atoms with Gasteiger partial charge in [-0.3, -0.25) is 9.59 Å². The van der Waals surface area contributed by atoms with Crippen LogP contribution in [0.15, 0.2) is 12.1 Å². The minimum Gasteiger partial charge on any atom is -0.488 e. The summed E-state index contributed by atoms with van der Waals surface area (Å²) in [6.45, 7) is 2.70. The van der Waals surface area contributed by atoms with E-state index in [9.17, 15) is 18.4 Å². The van der Waals surface area contributed by atoms with Gasteiger partial charge in [-0.1, -0.05) is 19.3 Å². The van der Waals surface area contributed by atoms with E-state index >= 15 is 0 Å². The third-order valence-corrected chi connectivity index (χ3v) is 7.59. The van der Waals surface area contributed by atoms with Crippen molar-refractivity contribution < 1.29 is 37.7 Å². The fourth-order valence-corrected chi connectivity index (χ4v) is 5.45. The lowest BCUT2D eigenvalue weighted by Crippen LogP contribution is -2.51. The van der Waals surface area contributed by atoms with Gasteiger partial charge in [0.05, 0.1) is 38.6 Å². The number of benzene rings is 1. The molecule has 0 unspecified atom stereocenters. The molecule has 1 aliphatic carbocycles. The largest absolute Gasteiger partial charge is 0.488 e. The van der Waals surface area contributed by atoms with Crippen LogP contribution in [0.1, 0.15) is 49.0 Å². The lowest BCUT2D eigenvalue weighted by molar-refractivity contribution is -0.133. The predicted octanol–water partition coefficient (Wildman–Crippen LogP) is 3.12. The molecule has 1 saturated heterocycles. The Labute approximate surface area is 227 Å². The number of carbonyl (C=O) groups excluding carboxylic acids is 2. The maximum absolute atomic E-state index is 14.2. The molecule has 1 saturated carbocycles. The quantitative estimate of drug-likeness (QED) is 0.408. The summed E-state index contributed by atoms with van der Waals surface area (Å²) in [5.74, 6) is -1.58. The summed E-state index contributed by atoms with van der Waals surface area (Å²) in [7, 11) is 1.62. The second kappa shape index (κ2) is 14.0. The first-order chi connectivity index (χ1) is 18.9. The SMILES string of the molecule is Cn1c(C(=O)N2CCN(C(=O)CC3CCCCC3)CC2)c(OCCOCCOCCO)c2cc(F)c(F)cc21. The van der Waals surface area contributed by atoms with Crippen LogP contribution in [0.25, 0.3) is 10.9 Å². The molecule has 2 amide bonds. The fourth-order valence-electron chi connectivity index (χ4n) is 5.45. The van der Waals surface area contributed by atoms with Gasteiger partial charge in [0.15, 0.2) is 23.1 Å². The minimum absolute atomic E-state index is 0.0655. The number of halogens is 2. The van der Waals surface area contributed by atoms with Crippen molar-refractivity contribution in [2.24, 2.45) is 13.0 Å². The highest BCUT2D eigenvalue weighted by Crippen LogP contribution is 2.35. The van der Waals surface area contributed by atoms with Crippen LogP contribution in [0.2, 0.25) is 0 Å². The van der Waals surface area contributed by atoms with E-state index in [1.54, 1.807) is 11.9 Å². The topological polar surface area (TPSA) is 93.5 Å². The molecule has 4 rings (SSSR count). The summed E-state index contributed by atoms with van der Waals surface area (Å²) >= 11 is 0. The van der Waals surface area contributed by atoms with Gasteiger partial charge < -0.3 is 33.7 Å². The van der Waals surface area contributed by atoms with E-state index in [4.69, 9.17) is 19.3 Å². The Kier molecular flexibility index (Phi) is 10.5. The molecule has 11 heteroatoms. The van der Waals surface area contributed by atoms with E-state index < -0.39 is 11.6 Å². The molecule has 9 nitrogen and oxygen atoms in total. The van der Waals surface area contributed by atoms with Gasteiger partial charge in [-0.25, -0.2) is 8.78 Å². The first kappa shape index (κ1) is 29.2. The summed E-state index contributed by atoms with van der Waals surface area (Å²) in [5, 5.41) is 9.03. The zero-order chi connectivity index (χ0) is 27.8. The van der Waals surface area contributed by atoms with Crippen LogP contribution in [0.4, 0.5) is 8.78 Å². The van der Waals surface area contributed by atoms with Gasteiger partial charge >= 0.3 is 0 Å². The second-order valence-corrected chi connectivity index (χ2v) is 10.2. The van der Waals surface area contributed by atoms with E-state index in [-0.39, 0.29) is 49.7 Å². The molecule has 2 heterocycles. The van der Waals surface area contributed by atoms with Gasteiger partial charge in [0.1, 0.15) is 6.61 Å². The van der Waals surface area contributed by atoms with Crippen molar-refractivity contribution in [2.75, 3.05) is 65.8 Å². The average molecular weight is 552 g/mol. The number of hydrogen-bond donors (Lipinski definition) is 1. The van der Waals surface area contributed by atoms with Crippen LogP contribution in [0, 0.1) is 17.6 Å². The summed E-state index contributed by atoms with van der Waals surface area (Å²) in [5.41, 5.74) is 0.537. The first-order valence-electron chi connectivity index (χ1n) is 13.8. The van der Waals surface area contributed by atoms with Crippen molar-refractivity contribution in [1.82, 2.24) is 14.4 Å². The highest BCUT2D eigenvalue weighted by Gasteiger charge is 2.31. The number of piperazine rings is 1. The molecule has 2 aromatic rings. The molecule has 1 aliphatic heterocycles. The third-order valence-electron chi connectivity index (χ3n) is 7.59. The van der Waals surface area contributed by atoms with E-state index in [0.717, 1.165) is 25.0 Å². The monoisotopic (exact) mass is 551 g/mol. The Morgan fingerprint density at radius 3 is 2.21 bits per heavy atom. The van der Waals surface area contributed by atoms with E-state index in [2.05, 4.69) is 0 Å². The van der Waals surface area contributed by atoms with Crippen molar-refractivity contribution in [1.29, 1.82) is 0 Å². The molecule has 1 aromatic carbocycles. The number of amides is 2. The maximum Gasteiger partial charge on any atom is 0.274 e. The number of aryl methyl sites for hydroxylation is 1. The van der Waals surface area contributed by atoms with Crippen molar-refractivity contribution in [3.63, 3.8) is 0 Å². The number of rotatable bonds is 12. The van der Waals surface area contributed by atoms with Gasteiger partial charge in [-0.15, -0.1) is 0 Å². The lowest BCUT2D eigenvalue weighted by atomic mass is 9.86. The molecule has 0 bridgehead atoms. The third kappa shape index (κ3) is 7.26. The van der Waals surface area contributed by atoms with Crippen LogP contribution >= 0.6 is 0 Å². The highest BCUT2D eigenvalue weighted by atomic mass is 19.2. The molecule has 0 spiro atoms. The molecule has 39 heavy (non-hydrogen) atoms. The molecule has 2 fully saturated rings. The molecule has 2 aliphatic rings. The van der Waals surface area contributed by atoms with Gasteiger partial charge in [-0.05, 0) is 24.8 Å². The number of aromatic nitrogens is 1. The van der Waals surface area contributed by atoms with Crippen LogP contribution in [0.3, 0.4) is 0 Å². The number of aliphatic hydroxyl groups is 1. The first-order valence-corrected chi connectivity index (χ1v) is 13.8. The minimum atomic E-state index is -1.03. The van der Waals surface area contributed by atoms with Crippen molar-refractivity contribution in [3.8, 4) is 5.75 Å². The van der Waals surface area contributed by atoms with Crippen molar-refractivity contribution in [2.45, 2.75) is 38.5 Å². The zero-order valence-corrected chi connectivity index (χ0v) is 22.6. The summed E-state index contributed by atoms with van der Waals surface area (Å²) < 4.78 is 46.3. The summed E-state index contributed by atoms with van der Waals surface area (Å²) in [6.07, 6.45) is 6.42. The number of fused-ring (bicyclic) bond motifs is 1. The molecule has 1 aromatic heterocycles. The number of ether oxygens (including phenoxy) is 3. The number of nitrogens with zero attached hydrogens (tertiary/aromatic N) is 3. The number of carbonyl (C=O) groups is 2. The predicted molar refractivity (Wildman–Crippen MR) is 141 cm³/mol. The molecule has 0 atom stereocenters. The number of aliphatic hydroxyl groups excluding tert-OH is 1. The summed E-state index contributed by atoms with van der Waals surface area (Å²) in [4.78, 5) is 30.0. The van der Waals surface area contributed by atoms with Gasteiger partial charge in [0.25, 0.3) is 5.91 Å². The highest BCUT2D eigenvalue weighted by molar-refractivity contribution is 6.04. The van der Waals surface area contributed by atoms with Crippen LogP contribution < -0.4 is 4.74 Å². The van der Waals surface area contributed by atoms with Crippen molar-refractivity contribution in [3.05, 3.63) is 29.5 Å². The van der Waals surface area contributed by atoms with Crippen molar-refractivity contribution >= 4 is 22.7 Å². The lowest BCUT2D eigenvalue weighted by Gasteiger charge is -2.36. The molecular weight excluding hydrogens is 512 g/mol. The smallest absolute Gasteiger partial charge is 0.274 e. The van der Waals surface area contributed by atoms with E-state index in [1.165, 1.54) is 23.8 Å². The normalized spacial score (nSPS) is 16.7. The zero-order valence-electron chi connectivity index (χ0n) is 22.6. The average Bonchev–Trinajstić information content (AvgIpc) is 3.20. The fraction of sp³-hybridized carbons (Fsp3) is 0.643. The Balaban J connectivity index is 1.41. The van der Waals surface area contributed by atoms with Crippen LogP contribution in [0.5, 0.6) is 5.75 Å². The Morgan fingerprint density at radius 2 is 1.51 bits per heavy atom. The molecule has 1 N–H and O–H groups in total. The molecule has 216 valence electrons. The standard InChI is InChI=1S/C28H39F2N3O6/c1-31-24-19-23(30)22(29)18-21(24)27(39-16-15-38-14-13-37-12-11-34)26(31)28(36)33-9-7-32(8-10-33)25(35)17-20-5-3-2-4-6-20/h18-20,34H,2-17H2,1H3. The van der Waals surface area contributed by atoms with E-state index in [0.29, 0.717) is 62.6 Å². The Bertz CT molecular complexity index is 1130. The van der Waals surface area contributed by atoms with Gasteiger partial charge in [0, 0.05) is 51.1 Å².